The lowest BCUT2D eigenvalue weighted by atomic mass is 9.99. The molecule has 0 aromatic carbocycles. The average molecular weight is 1180 g/mol. The molecule has 0 radical (unpaired) electrons. The van der Waals surface area contributed by atoms with E-state index in [1.807, 2.05) is 0 Å². The van der Waals surface area contributed by atoms with E-state index in [4.69, 9.17) is 28.4 Å². The van der Waals surface area contributed by atoms with Gasteiger partial charge in [0.25, 0.3) is 0 Å². The van der Waals surface area contributed by atoms with Crippen LogP contribution >= 0.6 is 0 Å². The van der Waals surface area contributed by atoms with Crippen molar-refractivity contribution >= 4 is 35.8 Å². The number of carbonyl (C=O) groups excluding carboxylic acids is 6. The second-order valence-electron chi connectivity index (χ2n) is 24.4. The Bertz CT molecular complexity index is 1500. The third-order valence-electron chi connectivity index (χ3n) is 16.1. The second kappa shape index (κ2) is 61.9. The largest absolute Gasteiger partial charge is 0.466 e. The van der Waals surface area contributed by atoms with Gasteiger partial charge >= 0.3 is 35.8 Å². The van der Waals surface area contributed by atoms with Crippen LogP contribution in [0.4, 0.5) is 0 Å². The minimum absolute atomic E-state index is 0.0949. The Morgan fingerprint density at radius 1 is 0.205 bits per heavy atom. The minimum atomic E-state index is -0.225. The molecule has 12 heteroatoms. The van der Waals surface area contributed by atoms with Gasteiger partial charge in [-0.2, -0.15) is 0 Å². The predicted octanol–water partition coefficient (Wildman–Crippen LogP) is 20.5. The number of ether oxygens (including phenoxy) is 6. The molecule has 0 N–H and O–H groups in total. The quantitative estimate of drug-likeness (QED) is 0.0323. The molecule has 0 aliphatic rings. The smallest absolute Gasteiger partial charge is 0.306 e. The van der Waals surface area contributed by atoms with Crippen LogP contribution in [0, 0.1) is 0 Å². The van der Waals surface area contributed by atoms with Crippen LogP contribution in [0.1, 0.15) is 382 Å². The molecule has 0 aliphatic heterocycles. The first-order chi connectivity index (χ1) is 40.5. The molecular formula is C71H132O12. The zero-order chi connectivity index (χ0) is 60.9. The van der Waals surface area contributed by atoms with Crippen molar-refractivity contribution in [1.82, 2.24) is 0 Å². The van der Waals surface area contributed by atoms with E-state index < -0.39 is 0 Å². The van der Waals surface area contributed by atoms with E-state index >= 15 is 0 Å². The Balaban J connectivity index is 4.66. The summed E-state index contributed by atoms with van der Waals surface area (Å²) in [7, 11) is 0. The Morgan fingerprint density at radius 3 is 0.639 bits per heavy atom. The van der Waals surface area contributed by atoms with Gasteiger partial charge in [-0.15, -0.1) is 0 Å². The normalized spacial score (nSPS) is 12.8. The Morgan fingerprint density at radius 2 is 0.386 bits per heavy atom. The van der Waals surface area contributed by atoms with Crippen molar-refractivity contribution in [3.05, 3.63) is 0 Å². The number of hydrogen-bond acceptors (Lipinski definition) is 12. The molecule has 488 valence electrons. The fraction of sp³-hybridized carbons (Fsp3) is 0.915. The summed E-state index contributed by atoms with van der Waals surface area (Å²) in [4.78, 5) is 76.5. The Labute approximate surface area is 510 Å². The first-order valence-electron chi connectivity index (χ1n) is 35.6. The highest BCUT2D eigenvalue weighted by Crippen LogP contribution is 2.24. The van der Waals surface area contributed by atoms with Gasteiger partial charge in [-0.3, -0.25) is 28.8 Å². The maximum atomic E-state index is 13.0. The average Bonchev–Trinajstić information content (AvgIpc) is 3.46. The molecule has 4 unspecified atom stereocenters. The van der Waals surface area contributed by atoms with Gasteiger partial charge in [0.2, 0.25) is 0 Å². The lowest BCUT2D eigenvalue weighted by Crippen LogP contribution is -2.23. The number of carbonyl (C=O) groups is 6. The van der Waals surface area contributed by atoms with Crippen LogP contribution in [-0.2, 0) is 57.2 Å². The monoisotopic (exact) mass is 1180 g/mol. The topological polar surface area (TPSA) is 158 Å². The molecule has 0 amide bonds. The van der Waals surface area contributed by atoms with E-state index in [2.05, 4.69) is 41.5 Å². The predicted molar refractivity (Wildman–Crippen MR) is 340 cm³/mol. The fourth-order valence-corrected chi connectivity index (χ4v) is 10.8. The molecule has 83 heavy (non-hydrogen) atoms. The summed E-state index contributed by atoms with van der Waals surface area (Å²) in [5, 5.41) is 0. The summed E-state index contributed by atoms with van der Waals surface area (Å²) in [5.41, 5.74) is 0. The Kier molecular flexibility index (Phi) is 59.5. The van der Waals surface area contributed by atoms with Crippen molar-refractivity contribution < 1.29 is 57.2 Å². The van der Waals surface area contributed by atoms with E-state index in [1.165, 1.54) is 57.8 Å². The fourth-order valence-electron chi connectivity index (χ4n) is 10.8. The van der Waals surface area contributed by atoms with Crippen molar-refractivity contribution in [3.8, 4) is 0 Å². The molecule has 0 heterocycles. The van der Waals surface area contributed by atoms with Gasteiger partial charge in [0.15, 0.2) is 0 Å². The minimum Gasteiger partial charge on any atom is -0.466 e. The molecule has 0 fully saturated rings. The van der Waals surface area contributed by atoms with Gasteiger partial charge in [-0.25, -0.2) is 0 Å². The molecule has 0 spiro atoms. The standard InChI is InChI=1S/C71H132O12/c1-7-13-19-27-41-52-68(74)80-62(46-35-18-12-6)56-57-64(82-70(76)54-43-29-21-15-9-3)48-37-31-24-25-33-39-50-66(72)78-60-45-61-79-67(73)51-40-34-26-32-38-49-65(83-71(77)55-44-30-22-16-10-4)59-58-63(47-36-23-17-11-5)81-69(75)53-42-28-20-14-8-2/h62-65H,7-61H2,1-6H3. The molecule has 0 aliphatic carbocycles. The molecule has 0 aromatic heterocycles. The van der Waals surface area contributed by atoms with Crippen LogP contribution in [-0.4, -0.2) is 73.4 Å². The lowest BCUT2D eigenvalue weighted by molar-refractivity contribution is -0.154. The summed E-state index contributed by atoms with van der Waals surface area (Å²) in [5.74, 6) is -0.863. The van der Waals surface area contributed by atoms with E-state index in [0.29, 0.717) is 64.2 Å². The van der Waals surface area contributed by atoms with Crippen molar-refractivity contribution in [2.45, 2.75) is 406 Å². The van der Waals surface area contributed by atoms with Crippen molar-refractivity contribution in [1.29, 1.82) is 0 Å². The van der Waals surface area contributed by atoms with Gasteiger partial charge in [-0.05, 0) is 116 Å². The zero-order valence-corrected chi connectivity index (χ0v) is 55.1. The molecule has 0 saturated heterocycles. The van der Waals surface area contributed by atoms with Crippen LogP contribution in [0.15, 0.2) is 0 Å². The van der Waals surface area contributed by atoms with Gasteiger partial charge in [0.1, 0.15) is 24.4 Å². The van der Waals surface area contributed by atoms with Crippen LogP contribution in [0.5, 0.6) is 0 Å². The van der Waals surface area contributed by atoms with E-state index in [0.717, 1.165) is 218 Å². The molecule has 0 saturated carbocycles. The summed E-state index contributed by atoms with van der Waals surface area (Å²) in [6, 6.07) is 0. The highest BCUT2D eigenvalue weighted by atomic mass is 16.6. The van der Waals surface area contributed by atoms with Gasteiger partial charge < -0.3 is 28.4 Å². The summed E-state index contributed by atoms with van der Waals surface area (Å²) < 4.78 is 35.1. The van der Waals surface area contributed by atoms with E-state index in [-0.39, 0.29) is 73.4 Å². The molecule has 0 rings (SSSR count). The highest BCUT2D eigenvalue weighted by Gasteiger charge is 2.22. The van der Waals surface area contributed by atoms with Crippen LogP contribution in [0.3, 0.4) is 0 Å². The molecule has 0 bridgehead atoms. The summed E-state index contributed by atoms with van der Waals surface area (Å²) in [6.07, 6.45) is 48.5. The number of unbranched alkanes of at least 4 members (excludes halogenated alkanes) is 30. The third kappa shape index (κ3) is 56.4. The maximum absolute atomic E-state index is 13.0. The van der Waals surface area contributed by atoms with Gasteiger partial charge in [0.05, 0.1) is 13.2 Å². The molecule has 4 atom stereocenters. The van der Waals surface area contributed by atoms with Crippen LogP contribution in [0.25, 0.3) is 0 Å². The van der Waals surface area contributed by atoms with Crippen LogP contribution in [0.2, 0.25) is 0 Å². The summed E-state index contributed by atoms with van der Waals surface area (Å²) in [6.45, 7) is 13.6. The highest BCUT2D eigenvalue weighted by molar-refractivity contribution is 5.71. The second-order valence-corrected chi connectivity index (χ2v) is 24.4. The third-order valence-corrected chi connectivity index (χ3v) is 16.1. The van der Waals surface area contributed by atoms with Gasteiger partial charge in [0, 0.05) is 44.9 Å². The number of esters is 6. The first kappa shape index (κ1) is 79.8. The molecule has 12 nitrogen and oxygen atoms in total. The van der Waals surface area contributed by atoms with Crippen LogP contribution < -0.4 is 0 Å². The molecular weight excluding hydrogens is 1040 g/mol. The maximum Gasteiger partial charge on any atom is 0.306 e. The SMILES string of the molecule is CCCCCCCC(=O)OC(CCCCC)CCC(CCCCCCCCC(=O)OCCCOC(=O)CCCCCCCC(CCC(CCCCCC)OC(=O)CCCCCCC)OC(=O)CCCCCCC)OC(=O)CCCCCCC. The van der Waals surface area contributed by atoms with Crippen molar-refractivity contribution in [3.63, 3.8) is 0 Å². The number of rotatable bonds is 64. The van der Waals surface area contributed by atoms with Crippen molar-refractivity contribution in [2.24, 2.45) is 0 Å². The zero-order valence-electron chi connectivity index (χ0n) is 55.1. The lowest BCUT2D eigenvalue weighted by Gasteiger charge is -2.23. The van der Waals surface area contributed by atoms with E-state index in [9.17, 15) is 28.8 Å². The van der Waals surface area contributed by atoms with Gasteiger partial charge in [-0.1, -0.05) is 221 Å². The molecule has 0 aromatic rings. The first-order valence-corrected chi connectivity index (χ1v) is 35.6. The number of hydrogen-bond donors (Lipinski definition) is 0. The van der Waals surface area contributed by atoms with E-state index in [1.54, 1.807) is 0 Å². The van der Waals surface area contributed by atoms with Crippen molar-refractivity contribution in [2.75, 3.05) is 13.2 Å². The Hall–Kier alpha value is -3.18. The summed E-state index contributed by atoms with van der Waals surface area (Å²) >= 11 is 0.